The molecule has 18 heavy (non-hydrogen) atoms. The van der Waals surface area contributed by atoms with Crippen molar-refractivity contribution >= 4 is 11.8 Å². The molecule has 2 saturated heterocycles. The number of piperidine rings is 1. The van der Waals surface area contributed by atoms with Gasteiger partial charge in [-0.15, -0.1) is 0 Å². The van der Waals surface area contributed by atoms with Gasteiger partial charge in [-0.1, -0.05) is 0 Å². The first-order chi connectivity index (χ1) is 8.56. The van der Waals surface area contributed by atoms with Crippen LogP contribution in [0.5, 0.6) is 0 Å². The summed E-state index contributed by atoms with van der Waals surface area (Å²) in [6.07, 6.45) is 1.26. The standard InChI is InChI=1S/C12H22N4O2/c1-8-5-14-10(6-13-8)12(18)15-9-3-4-11(17)16(2)7-9/h8-10,13-14H,3-7H2,1-2H3,(H,15,18). The summed E-state index contributed by atoms with van der Waals surface area (Å²) < 4.78 is 0. The Labute approximate surface area is 107 Å². The lowest BCUT2D eigenvalue weighted by Gasteiger charge is -2.33. The van der Waals surface area contributed by atoms with Gasteiger partial charge in [0.1, 0.15) is 0 Å². The van der Waals surface area contributed by atoms with Crippen LogP contribution in [-0.2, 0) is 9.59 Å². The topological polar surface area (TPSA) is 73.5 Å². The highest BCUT2D eigenvalue weighted by molar-refractivity contribution is 5.83. The third-order valence-electron chi connectivity index (χ3n) is 3.63. The van der Waals surface area contributed by atoms with Gasteiger partial charge in [-0.2, -0.15) is 0 Å². The number of hydrogen-bond donors (Lipinski definition) is 3. The van der Waals surface area contributed by atoms with Gasteiger partial charge < -0.3 is 20.9 Å². The average Bonchev–Trinajstić information content (AvgIpc) is 2.34. The first-order valence-corrected chi connectivity index (χ1v) is 6.57. The van der Waals surface area contributed by atoms with Crippen LogP contribution in [0.1, 0.15) is 19.8 Å². The Hall–Kier alpha value is -1.14. The van der Waals surface area contributed by atoms with Crippen molar-refractivity contribution in [2.45, 2.75) is 37.9 Å². The summed E-state index contributed by atoms with van der Waals surface area (Å²) in [6.45, 7) is 4.17. The fourth-order valence-electron chi connectivity index (χ4n) is 2.40. The van der Waals surface area contributed by atoms with E-state index in [9.17, 15) is 9.59 Å². The van der Waals surface area contributed by atoms with Gasteiger partial charge in [0, 0.05) is 45.2 Å². The number of likely N-dealkylation sites (tertiary alicyclic amines) is 1. The maximum Gasteiger partial charge on any atom is 0.238 e. The zero-order chi connectivity index (χ0) is 13.1. The molecule has 0 bridgehead atoms. The van der Waals surface area contributed by atoms with Crippen molar-refractivity contribution in [3.63, 3.8) is 0 Å². The molecule has 0 radical (unpaired) electrons. The molecular weight excluding hydrogens is 232 g/mol. The van der Waals surface area contributed by atoms with E-state index in [4.69, 9.17) is 0 Å². The Kier molecular flexibility index (Phi) is 4.19. The van der Waals surface area contributed by atoms with E-state index in [1.54, 1.807) is 11.9 Å². The molecule has 0 aromatic heterocycles. The van der Waals surface area contributed by atoms with Crippen molar-refractivity contribution in [3.8, 4) is 0 Å². The number of rotatable bonds is 2. The highest BCUT2D eigenvalue weighted by Gasteiger charge is 2.28. The van der Waals surface area contributed by atoms with Crippen molar-refractivity contribution in [3.05, 3.63) is 0 Å². The molecule has 3 unspecified atom stereocenters. The number of carbonyl (C=O) groups is 2. The van der Waals surface area contributed by atoms with Gasteiger partial charge in [0.25, 0.3) is 0 Å². The van der Waals surface area contributed by atoms with E-state index in [-0.39, 0.29) is 23.9 Å². The summed E-state index contributed by atoms with van der Waals surface area (Å²) in [7, 11) is 1.78. The highest BCUT2D eigenvalue weighted by atomic mass is 16.2. The average molecular weight is 254 g/mol. The predicted octanol–water partition coefficient (Wildman–Crippen LogP) is -1.33. The van der Waals surface area contributed by atoms with E-state index in [1.165, 1.54) is 0 Å². The van der Waals surface area contributed by atoms with Crippen LogP contribution in [0.4, 0.5) is 0 Å². The number of amides is 2. The summed E-state index contributed by atoms with van der Waals surface area (Å²) in [5.74, 6) is 0.189. The van der Waals surface area contributed by atoms with Crippen LogP contribution in [0.3, 0.4) is 0 Å². The Bertz CT molecular complexity index is 326. The molecule has 0 saturated carbocycles. The normalized spacial score (nSPS) is 33.3. The second kappa shape index (κ2) is 5.67. The molecule has 0 aromatic carbocycles. The Balaban J connectivity index is 1.79. The quantitative estimate of drug-likeness (QED) is 0.571. The smallest absolute Gasteiger partial charge is 0.238 e. The fourth-order valence-corrected chi connectivity index (χ4v) is 2.40. The van der Waals surface area contributed by atoms with E-state index in [0.29, 0.717) is 25.6 Å². The molecule has 3 N–H and O–H groups in total. The molecule has 2 heterocycles. The van der Waals surface area contributed by atoms with E-state index in [2.05, 4.69) is 22.9 Å². The minimum absolute atomic E-state index is 0.0298. The van der Waals surface area contributed by atoms with Crippen LogP contribution in [0.25, 0.3) is 0 Å². The minimum Gasteiger partial charge on any atom is -0.350 e. The van der Waals surface area contributed by atoms with Gasteiger partial charge in [0.2, 0.25) is 11.8 Å². The SMILES string of the molecule is CC1CNC(C(=O)NC2CCC(=O)N(C)C2)CN1. The Morgan fingerprint density at radius 2 is 2.17 bits per heavy atom. The van der Waals surface area contributed by atoms with Gasteiger partial charge in [-0.05, 0) is 13.3 Å². The molecule has 2 amide bonds. The second-order valence-electron chi connectivity index (χ2n) is 5.29. The van der Waals surface area contributed by atoms with E-state index in [0.717, 1.165) is 13.0 Å². The lowest BCUT2D eigenvalue weighted by molar-refractivity contribution is -0.134. The number of hydrogen-bond acceptors (Lipinski definition) is 4. The zero-order valence-electron chi connectivity index (χ0n) is 11.0. The molecular formula is C12H22N4O2. The third-order valence-corrected chi connectivity index (χ3v) is 3.63. The molecule has 102 valence electrons. The Morgan fingerprint density at radius 3 is 2.78 bits per heavy atom. The molecule has 0 aromatic rings. The molecule has 6 heteroatoms. The maximum atomic E-state index is 12.0. The number of piperazine rings is 1. The number of carbonyl (C=O) groups excluding carboxylic acids is 2. The first kappa shape index (κ1) is 13.3. The number of nitrogens with one attached hydrogen (secondary N) is 3. The van der Waals surface area contributed by atoms with E-state index < -0.39 is 0 Å². The minimum atomic E-state index is -0.163. The molecule has 2 rings (SSSR count). The zero-order valence-corrected chi connectivity index (χ0v) is 11.0. The van der Waals surface area contributed by atoms with Crippen molar-refractivity contribution in [2.24, 2.45) is 0 Å². The van der Waals surface area contributed by atoms with Crippen molar-refractivity contribution in [2.75, 3.05) is 26.7 Å². The van der Waals surface area contributed by atoms with Gasteiger partial charge >= 0.3 is 0 Å². The van der Waals surface area contributed by atoms with E-state index >= 15 is 0 Å². The van der Waals surface area contributed by atoms with Crippen LogP contribution >= 0.6 is 0 Å². The molecule has 2 aliphatic heterocycles. The number of likely N-dealkylation sites (N-methyl/N-ethyl adjacent to an activating group) is 1. The Morgan fingerprint density at radius 1 is 1.39 bits per heavy atom. The van der Waals surface area contributed by atoms with Gasteiger partial charge in [0.05, 0.1) is 6.04 Å². The summed E-state index contributed by atoms with van der Waals surface area (Å²) in [5, 5.41) is 9.52. The van der Waals surface area contributed by atoms with Crippen LogP contribution < -0.4 is 16.0 Å². The summed E-state index contributed by atoms with van der Waals surface area (Å²) in [5.41, 5.74) is 0. The molecule has 2 aliphatic rings. The summed E-state index contributed by atoms with van der Waals surface area (Å²) >= 11 is 0. The first-order valence-electron chi connectivity index (χ1n) is 6.57. The largest absolute Gasteiger partial charge is 0.350 e. The molecule has 2 fully saturated rings. The van der Waals surface area contributed by atoms with Crippen LogP contribution in [0.2, 0.25) is 0 Å². The monoisotopic (exact) mass is 254 g/mol. The van der Waals surface area contributed by atoms with Crippen LogP contribution in [-0.4, -0.2) is 61.5 Å². The predicted molar refractivity (Wildman–Crippen MR) is 68.1 cm³/mol. The van der Waals surface area contributed by atoms with Crippen molar-refractivity contribution in [1.82, 2.24) is 20.9 Å². The third kappa shape index (κ3) is 3.20. The molecule has 0 aliphatic carbocycles. The second-order valence-corrected chi connectivity index (χ2v) is 5.29. The van der Waals surface area contributed by atoms with Crippen LogP contribution in [0.15, 0.2) is 0 Å². The van der Waals surface area contributed by atoms with E-state index in [1.807, 2.05) is 0 Å². The molecule has 3 atom stereocenters. The van der Waals surface area contributed by atoms with Crippen molar-refractivity contribution in [1.29, 1.82) is 0 Å². The lowest BCUT2D eigenvalue weighted by atomic mass is 10.0. The summed E-state index contributed by atoms with van der Waals surface area (Å²) in [4.78, 5) is 25.1. The molecule has 0 spiro atoms. The van der Waals surface area contributed by atoms with Gasteiger partial charge in [-0.25, -0.2) is 0 Å². The van der Waals surface area contributed by atoms with Crippen molar-refractivity contribution < 1.29 is 9.59 Å². The maximum absolute atomic E-state index is 12.0. The summed E-state index contributed by atoms with van der Waals surface area (Å²) in [6, 6.07) is 0.331. The fraction of sp³-hybridized carbons (Fsp3) is 0.833. The van der Waals surface area contributed by atoms with Gasteiger partial charge in [-0.3, -0.25) is 9.59 Å². The van der Waals surface area contributed by atoms with Gasteiger partial charge in [0.15, 0.2) is 0 Å². The highest BCUT2D eigenvalue weighted by Crippen LogP contribution is 2.09. The molecule has 6 nitrogen and oxygen atoms in total. The van der Waals surface area contributed by atoms with Crippen LogP contribution in [0, 0.1) is 0 Å². The number of nitrogens with zero attached hydrogens (tertiary/aromatic N) is 1. The lowest BCUT2D eigenvalue weighted by Crippen LogP contribution is -2.61.